The van der Waals surface area contributed by atoms with Crippen LogP contribution >= 0.6 is 34.7 Å². The summed E-state index contributed by atoms with van der Waals surface area (Å²) in [6, 6.07) is 3.63. The van der Waals surface area contributed by atoms with Crippen LogP contribution in [0.1, 0.15) is 33.1 Å². The number of amides is 2. The Bertz CT molecular complexity index is 811. The zero-order valence-corrected chi connectivity index (χ0v) is 16.7. The van der Waals surface area contributed by atoms with Gasteiger partial charge >= 0.3 is 0 Å². The number of anilines is 2. The molecule has 0 aromatic carbocycles. The molecule has 2 aromatic heterocycles. The van der Waals surface area contributed by atoms with Gasteiger partial charge in [0.15, 0.2) is 9.49 Å². The maximum atomic E-state index is 12.4. The van der Waals surface area contributed by atoms with Crippen LogP contribution in [0.3, 0.4) is 0 Å². The summed E-state index contributed by atoms with van der Waals surface area (Å²) in [4.78, 5) is 30.2. The highest BCUT2D eigenvalue weighted by molar-refractivity contribution is 8.02. The fourth-order valence-electron chi connectivity index (χ4n) is 2.24. The first-order valence-electron chi connectivity index (χ1n) is 8.23. The number of aromatic nitrogens is 3. The average Bonchev–Trinajstić information content (AvgIpc) is 3.36. The van der Waals surface area contributed by atoms with Gasteiger partial charge in [0, 0.05) is 18.7 Å². The molecule has 1 atom stereocenters. The van der Waals surface area contributed by atoms with Crippen molar-refractivity contribution in [2.75, 3.05) is 10.2 Å². The van der Waals surface area contributed by atoms with E-state index in [0.717, 1.165) is 12.8 Å². The Morgan fingerprint density at radius 3 is 2.88 bits per heavy atom. The van der Waals surface area contributed by atoms with E-state index < -0.39 is 5.25 Å². The molecule has 2 heterocycles. The van der Waals surface area contributed by atoms with Crippen molar-refractivity contribution in [2.45, 2.75) is 48.7 Å². The Morgan fingerprint density at radius 1 is 1.46 bits per heavy atom. The predicted molar refractivity (Wildman–Crippen MR) is 104 cm³/mol. The maximum Gasteiger partial charge on any atom is 0.237 e. The lowest BCUT2D eigenvalue weighted by molar-refractivity contribution is -0.118. The van der Waals surface area contributed by atoms with Gasteiger partial charge in [0.2, 0.25) is 16.9 Å². The van der Waals surface area contributed by atoms with Gasteiger partial charge in [0.1, 0.15) is 0 Å². The monoisotopic (exact) mass is 411 g/mol. The Hall–Kier alpha value is -1.71. The zero-order valence-electron chi connectivity index (χ0n) is 14.3. The number of rotatable bonds is 7. The van der Waals surface area contributed by atoms with Crippen molar-refractivity contribution < 1.29 is 9.59 Å². The summed E-state index contributed by atoms with van der Waals surface area (Å²) in [5.74, 6) is -0.150. The van der Waals surface area contributed by atoms with Crippen molar-refractivity contribution in [3.8, 4) is 0 Å². The second-order valence-corrected chi connectivity index (χ2v) is 8.69. The highest BCUT2D eigenvalue weighted by Crippen LogP contribution is 2.37. The van der Waals surface area contributed by atoms with Gasteiger partial charge in [0.05, 0.1) is 10.9 Å². The molecule has 1 fully saturated rings. The minimum absolute atomic E-state index is 0.0530. The molecule has 0 spiro atoms. The molecule has 2 aromatic rings. The third-order valence-electron chi connectivity index (χ3n) is 3.75. The number of halogens is 1. The highest BCUT2D eigenvalue weighted by Gasteiger charge is 2.35. The summed E-state index contributed by atoms with van der Waals surface area (Å²) in [7, 11) is 0. The van der Waals surface area contributed by atoms with E-state index in [1.54, 1.807) is 30.2 Å². The summed E-state index contributed by atoms with van der Waals surface area (Å²) in [6.07, 6.45) is 3.99. The second kappa shape index (κ2) is 8.32. The van der Waals surface area contributed by atoms with Gasteiger partial charge in [-0.3, -0.25) is 14.5 Å². The number of pyridine rings is 1. The predicted octanol–water partition coefficient (Wildman–Crippen LogP) is 3.61. The van der Waals surface area contributed by atoms with E-state index >= 15 is 0 Å². The van der Waals surface area contributed by atoms with Crippen molar-refractivity contribution in [1.29, 1.82) is 0 Å². The summed E-state index contributed by atoms with van der Waals surface area (Å²) in [5, 5.41) is 11.5. The highest BCUT2D eigenvalue weighted by atomic mass is 35.5. The molecule has 7 nitrogen and oxygen atoms in total. The lowest BCUT2D eigenvalue weighted by Crippen LogP contribution is -2.32. The van der Waals surface area contributed by atoms with Crippen molar-refractivity contribution >= 4 is 57.3 Å². The number of carbonyl (C=O) groups is 2. The van der Waals surface area contributed by atoms with Gasteiger partial charge in [0.25, 0.3) is 0 Å². The molecule has 3 rings (SSSR count). The van der Waals surface area contributed by atoms with Crippen LogP contribution < -0.4 is 10.2 Å². The van der Waals surface area contributed by atoms with Crippen molar-refractivity contribution in [2.24, 2.45) is 0 Å². The first-order chi connectivity index (χ1) is 12.5. The lowest BCUT2D eigenvalue weighted by atomic mass is 10.4. The molecule has 0 bridgehead atoms. The number of hydrogen-bond acceptors (Lipinski definition) is 7. The van der Waals surface area contributed by atoms with Crippen LogP contribution in [-0.2, 0) is 9.59 Å². The van der Waals surface area contributed by atoms with Crippen LogP contribution in [0.5, 0.6) is 0 Å². The zero-order chi connectivity index (χ0) is 18.7. The molecule has 0 saturated heterocycles. The topological polar surface area (TPSA) is 88.1 Å². The Balaban J connectivity index is 1.63. The largest absolute Gasteiger partial charge is 0.322 e. The number of nitrogens with one attached hydrogen (secondary N) is 1. The number of carbonyl (C=O) groups excluding carboxylic acids is 2. The van der Waals surface area contributed by atoms with E-state index in [9.17, 15) is 9.59 Å². The van der Waals surface area contributed by atoms with Gasteiger partial charge in [-0.25, -0.2) is 4.98 Å². The van der Waals surface area contributed by atoms with Crippen LogP contribution in [0.2, 0.25) is 5.15 Å². The van der Waals surface area contributed by atoms with E-state index in [2.05, 4.69) is 20.5 Å². The minimum Gasteiger partial charge on any atom is -0.322 e. The van der Waals surface area contributed by atoms with E-state index in [1.807, 2.05) is 6.92 Å². The lowest BCUT2D eigenvalue weighted by Gasteiger charge is -2.17. The SMILES string of the molecule is CCC(=O)N(c1nnc(SC(C)C(=O)Nc2cccnc2Cl)s1)C1CC1. The van der Waals surface area contributed by atoms with E-state index in [1.165, 1.54) is 23.1 Å². The molecule has 0 radical (unpaired) electrons. The molecule has 2 amide bonds. The van der Waals surface area contributed by atoms with E-state index in [0.29, 0.717) is 21.6 Å². The van der Waals surface area contributed by atoms with Gasteiger partial charge < -0.3 is 5.32 Å². The van der Waals surface area contributed by atoms with Gasteiger partial charge in [-0.15, -0.1) is 10.2 Å². The third-order valence-corrected chi connectivity index (χ3v) is 6.16. The molecule has 1 aliphatic rings. The molecule has 1 saturated carbocycles. The average molecular weight is 412 g/mol. The van der Waals surface area contributed by atoms with Crippen LogP contribution in [0.15, 0.2) is 22.7 Å². The first kappa shape index (κ1) is 19.1. The molecule has 10 heteroatoms. The summed E-state index contributed by atoms with van der Waals surface area (Å²) < 4.78 is 0.648. The van der Waals surface area contributed by atoms with E-state index in [4.69, 9.17) is 11.6 Å². The Kier molecular flexibility index (Phi) is 6.10. The normalized spacial score (nSPS) is 14.7. The summed E-state index contributed by atoms with van der Waals surface area (Å²) >= 11 is 8.59. The second-order valence-electron chi connectivity index (χ2n) is 5.79. The van der Waals surface area contributed by atoms with Gasteiger partial charge in [-0.1, -0.05) is 41.6 Å². The summed E-state index contributed by atoms with van der Waals surface area (Å²) in [5.41, 5.74) is 0.470. The van der Waals surface area contributed by atoms with Gasteiger partial charge in [-0.05, 0) is 31.9 Å². The molecular formula is C16H18ClN5O2S2. The molecule has 26 heavy (non-hydrogen) atoms. The number of thioether (sulfide) groups is 1. The fourth-order valence-corrected chi connectivity index (χ4v) is 4.48. The van der Waals surface area contributed by atoms with Crippen LogP contribution in [0.4, 0.5) is 10.8 Å². The Morgan fingerprint density at radius 2 is 2.23 bits per heavy atom. The maximum absolute atomic E-state index is 12.4. The molecule has 0 aliphatic heterocycles. The summed E-state index contributed by atoms with van der Waals surface area (Å²) in [6.45, 7) is 3.62. The third kappa shape index (κ3) is 4.52. The van der Waals surface area contributed by atoms with Crippen molar-refractivity contribution in [3.05, 3.63) is 23.5 Å². The molecule has 138 valence electrons. The van der Waals surface area contributed by atoms with Crippen LogP contribution in [0, 0.1) is 0 Å². The van der Waals surface area contributed by atoms with Crippen molar-refractivity contribution in [3.63, 3.8) is 0 Å². The number of hydrogen-bond donors (Lipinski definition) is 1. The molecule has 1 N–H and O–H groups in total. The standard InChI is InChI=1S/C16H18ClN5O2S2/c1-3-12(23)22(10-6-7-10)15-20-21-16(26-15)25-9(2)14(24)19-11-5-4-8-18-13(11)17/h4-5,8-10H,3,6-7H2,1-2H3,(H,19,24). The quantitative estimate of drug-likeness (QED) is 0.425. The van der Waals surface area contributed by atoms with Crippen LogP contribution in [-0.4, -0.2) is 38.3 Å². The number of nitrogens with zero attached hydrogens (tertiary/aromatic N) is 4. The molecular weight excluding hydrogens is 394 g/mol. The van der Waals surface area contributed by atoms with Crippen molar-refractivity contribution in [1.82, 2.24) is 15.2 Å². The van der Waals surface area contributed by atoms with E-state index in [-0.39, 0.29) is 23.0 Å². The molecule has 1 unspecified atom stereocenters. The first-order valence-corrected chi connectivity index (χ1v) is 10.3. The smallest absolute Gasteiger partial charge is 0.237 e. The molecule has 1 aliphatic carbocycles. The minimum atomic E-state index is -0.400. The Labute approximate surface area is 164 Å². The van der Waals surface area contributed by atoms with Crippen LogP contribution in [0.25, 0.3) is 0 Å². The van der Waals surface area contributed by atoms with Gasteiger partial charge in [-0.2, -0.15) is 0 Å². The fraction of sp³-hybridized carbons (Fsp3) is 0.438.